The largest absolute Gasteiger partial charge is 0.481 e. The molecular weight excluding hydrogens is 1040 g/mol. The standard InChI is InChI=1S/C39H57NO2.C29H50O.C10H9NO2/c1-7-27(25(2)3)13-12-26(4)33-16-17-34-32-15-14-29-23-30(18-20-38(29,5)35(32)19-21-39(33,34)6)42-37(41)22-28-24-40-36-11-9-8-10-31(28)36;1-7-21(19(2)3)9-8-20(4)25-12-13-26-24-11-10-22-18-23(30)14-16-28(22,5)27(24)15-17-29(25,26)6;12-10(13)5-7-6-11-9-4-2-1-3-8(7)9/h8-11,14,24-27,30,32-35,40H,7,12-13,15-23H2,1-6H3;10,19-21,23-27,30H,7-9,11-18H2,1-6H3;1-4,6,11H,5H2,(H,12,13)/t26-,27-,30+,32+,33-,34+,35+,38+,39-;20-,21-,23+,24+,25-,26+,27+,28+,29-;/m11./s1. The molecule has 4 aromatic rings. The highest BCUT2D eigenvalue weighted by Gasteiger charge is 2.61. The minimum atomic E-state index is -0.801. The zero-order chi connectivity index (χ0) is 60.6. The minimum absolute atomic E-state index is 0.0296. The van der Waals surface area contributed by atoms with Gasteiger partial charge in [-0.1, -0.05) is 168 Å². The summed E-state index contributed by atoms with van der Waals surface area (Å²) < 4.78 is 6.14. The third-order valence-electron chi connectivity index (χ3n) is 26.9. The van der Waals surface area contributed by atoms with E-state index in [2.05, 4.69) is 117 Å². The molecule has 2 aromatic carbocycles. The smallest absolute Gasteiger partial charge is 0.310 e. The molecule has 4 N–H and O–H groups in total. The number of aliphatic hydroxyl groups excluding tert-OH is 1. The van der Waals surface area contributed by atoms with Crippen molar-refractivity contribution in [3.05, 3.63) is 95.3 Å². The highest BCUT2D eigenvalue weighted by molar-refractivity contribution is 5.88. The summed E-state index contributed by atoms with van der Waals surface area (Å²) in [6.45, 7) is 30.2. The number of hydrogen-bond donors (Lipinski definition) is 4. The number of carbonyl (C=O) groups is 2. The van der Waals surface area contributed by atoms with Gasteiger partial charge in [0.1, 0.15) is 6.10 Å². The van der Waals surface area contributed by atoms with E-state index in [1.807, 2.05) is 42.6 Å². The zero-order valence-electron chi connectivity index (χ0n) is 55.3. The number of H-pyrrole nitrogens is 2. The van der Waals surface area contributed by atoms with Gasteiger partial charge in [-0.25, -0.2) is 0 Å². The van der Waals surface area contributed by atoms with Crippen molar-refractivity contribution in [3.63, 3.8) is 0 Å². The number of esters is 1. The Balaban J connectivity index is 0.000000161. The molecule has 0 aliphatic heterocycles. The third kappa shape index (κ3) is 12.9. The first-order valence-corrected chi connectivity index (χ1v) is 35.2. The molecule has 0 spiro atoms. The topological polar surface area (TPSA) is 115 Å². The lowest BCUT2D eigenvalue weighted by Gasteiger charge is -2.58. The van der Waals surface area contributed by atoms with E-state index in [4.69, 9.17) is 9.84 Å². The summed E-state index contributed by atoms with van der Waals surface area (Å²) in [5.74, 6) is 11.4. The number of ether oxygens (including phenoxy) is 1. The zero-order valence-corrected chi connectivity index (χ0v) is 55.3. The number of hydrogen-bond acceptors (Lipinski definition) is 4. The number of carbonyl (C=O) groups excluding carboxylic acids is 1. The van der Waals surface area contributed by atoms with Gasteiger partial charge in [-0.3, -0.25) is 9.59 Å². The fourth-order valence-corrected chi connectivity index (χ4v) is 21.8. The van der Waals surface area contributed by atoms with Crippen LogP contribution in [-0.4, -0.2) is 44.3 Å². The molecule has 0 bridgehead atoms. The Kier molecular flexibility index (Phi) is 20.0. The van der Waals surface area contributed by atoms with Crippen LogP contribution in [-0.2, 0) is 27.2 Å². The molecule has 85 heavy (non-hydrogen) atoms. The molecular formula is C78H116N2O5. The van der Waals surface area contributed by atoms with Crippen molar-refractivity contribution in [2.75, 3.05) is 0 Å². The second kappa shape index (κ2) is 26.5. The van der Waals surface area contributed by atoms with Crippen LogP contribution in [0.5, 0.6) is 0 Å². The number of rotatable bonds is 17. The van der Waals surface area contributed by atoms with Crippen LogP contribution in [0.15, 0.2) is 84.2 Å². The number of aliphatic hydroxyl groups is 1. The maximum absolute atomic E-state index is 13.0. The highest BCUT2D eigenvalue weighted by Crippen LogP contribution is 2.69. The van der Waals surface area contributed by atoms with E-state index in [0.29, 0.717) is 28.1 Å². The van der Waals surface area contributed by atoms with Crippen molar-refractivity contribution in [2.45, 2.75) is 249 Å². The predicted molar refractivity (Wildman–Crippen MR) is 352 cm³/mol. The first-order valence-electron chi connectivity index (χ1n) is 35.2. The van der Waals surface area contributed by atoms with Crippen molar-refractivity contribution in [1.82, 2.24) is 9.97 Å². The molecule has 2 aromatic heterocycles. The SMILES string of the molecule is CC[C@H](CC[C@@H](C)[C@H]1CC[C@H]2[C@@H]3CC=C4C[C@@H](O)CC[C@]4(C)[C@H]3CC[C@]12C)C(C)C.CC[C@H](CC[C@@H](C)[C@H]1CC[C@H]2[C@@H]3CC=C4C[C@@H](OC(=O)Cc5c[nH]c6ccccc56)CC[C@]4(C)[C@H]3CC[C@]12C)C(C)C.O=C(O)Cc1c[nH]c2ccccc12. The van der Waals surface area contributed by atoms with Crippen molar-refractivity contribution in [2.24, 2.45) is 105 Å². The van der Waals surface area contributed by atoms with Crippen molar-refractivity contribution in [3.8, 4) is 0 Å². The van der Waals surface area contributed by atoms with Gasteiger partial charge in [0.25, 0.3) is 0 Å². The van der Waals surface area contributed by atoms with E-state index in [0.717, 1.165) is 141 Å². The van der Waals surface area contributed by atoms with Gasteiger partial charge in [0.15, 0.2) is 0 Å². The maximum atomic E-state index is 13.0. The quantitative estimate of drug-likeness (QED) is 0.0621. The van der Waals surface area contributed by atoms with Gasteiger partial charge in [-0.2, -0.15) is 0 Å². The monoisotopic (exact) mass is 1160 g/mol. The van der Waals surface area contributed by atoms with E-state index in [-0.39, 0.29) is 24.6 Å². The second-order valence-electron chi connectivity index (χ2n) is 31.6. The molecule has 0 unspecified atom stereocenters. The van der Waals surface area contributed by atoms with Crippen LogP contribution in [0.25, 0.3) is 21.8 Å². The van der Waals surface area contributed by atoms with E-state index < -0.39 is 5.97 Å². The third-order valence-corrected chi connectivity index (χ3v) is 26.9. The second-order valence-corrected chi connectivity index (χ2v) is 31.6. The van der Waals surface area contributed by atoms with E-state index in [9.17, 15) is 14.7 Å². The molecule has 0 amide bonds. The van der Waals surface area contributed by atoms with E-state index in [1.165, 1.54) is 116 Å². The van der Waals surface area contributed by atoms with Gasteiger partial charge < -0.3 is 24.9 Å². The lowest BCUT2D eigenvalue weighted by molar-refractivity contribution is -0.150. The molecule has 7 nitrogen and oxygen atoms in total. The summed E-state index contributed by atoms with van der Waals surface area (Å²) in [5.41, 5.74) is 8.94. The Morgan fingerprint density at radius 3 is 1.49 bits per heavy atom. The van der Waals surface area contributed by atoms with Crippen LogP contribution >= 0.6 is 0 Å². The summed E-state index contributed by atoms with van der Waals surface area (Å²) in [6.07, 6.45) is 38.1. The minimum Gasteiger partial charge on any atom is -0.481 e. The van der Waals surface area contributed by atoms with Gasteiger partial charge in [-0.15, -0.1) is 0 Å². The number of fused-ring (bicyclic) bond motifs is 12. The number of carboxylic acid groups (broad SMARTS) is 1. The average Bonchev–Trinajstić information content (AvgIpc) is 3.28. The molecule has 8 aliphatic carbocycles. The number of nitrogens with one attached hydrogen (secondary N) is 2. The summed E-state index contributed by atoms with van der Waals surface area (Å²) in [5, 5.41) is 21.0. The molecule has 0 saturated heterocycles. The number of carboxylic acids is 1. The molecule has 7 heteroatoms. The molecule has 6 saturated carbocycles. The predicted octanol–water partition coefficient (Wildman–Crippen LogP) is 20.1. The molecule has 468 valence electrons. The van der Waals surface area contributed by atoms with Crippen LogP contribution in [0.1, 0.15) is 235 Å². The van der Waals surface area contributed by atoms with Gasteiger partial charge >= 0.3 is 11.9 Å². The first kappa shape index (κ1) is 63.9. The lowest BCUT2D eigenvalue weighted by atomic mass is 9.47. The Labute approximate surface area is 515 Å². The Morgan fingerprint density at radius 1 is 0.565 bits per heavy atom. The average molecular weight is 1160 g/mol. The summed E-state index contributed by atoms with van der Waals surface area (Å²) in [7, 11) is 0. The Hall–Kier alpha value is -4.10. The maximum Gasteiger partial charge on any atom is 0.310 e. The number of aromatic amines is 2. The normalized spacial score (nSPS) is 35.2. The van der Waals surface area contributed by atoms with E-state index in [1.54, 1.807) is 17.3 Å². The van der Waals surface area contributed by atoms with Gasteiger partial charge in [0, 0.05) is 40.6 Å². The Bertz CT molecular complexity index is 2960. The van der Waals surface area contributed by atoms with Crippen molar-refractivity contribution >= 4 is 33.7 Å². The summed E-state index contributed by atoms with van der Waals surface area (Å²) in [4.78, 5) is 29.8. The summed E-state index contributed by atoms with van der Waals surface area (Å²) >= 11 is 0. The molecule has 0 radical (unpaired) electrons. The van der Waals surface area contributed by atoms with Crippen molar-refractivity contribution < 1.29 is 24.5 Å². The number of aromatic nitrogens is 2. The number of para-hydroxylation sites is 2. The molecule has 8 aliphatic rings. The van der Waals surface area contributed by atoms with Gasteiger partial charge in [-0.05, 0) is 237 Å². The van der Waals surface area contributed by atoms with Gasteiger partial charge in [0.05, 0.1) is 18.9 Å². The lowest BCUT2D eigenvalue weighted by Crippen LogP contribution is -2.51. The first-order chi connectivity index (χ1) is 40.6. The molecule has 18 atom stereocenters. The number of allylic oxidation sites excluding steroid dienone is 2. The molecule has 12 rings (SSSR count). The molecule has 2 heterocycles. The van der Waals surface area contributed by atoms with Gasteiger partial charge in [0.2, 0.25) is 0 Å². The van der Waals surface area contributed by atoms with E-state index >= 15 is 0 Å². The Morgan fingerprint density at radius 2 is 1.02 bits per heavy atom. The van der Waals surface area contributed by atoms with Crippen molar-refractivity contribution in [1.29, 1.82) is 0 Å². The van der Waals surface area contributed by atoms with Crippen LogP contribution in [0.4, 0.5) is 0 Å². The number of aliphatic carboxylic acids is 1. The number of benzene rings is 2. The highest BCUT2D eigenvalue weighted by atomic mass is 16.5. The van der Waals surface area contributed by atoms with Crippen LogP contribution in [0.2, 0.25) is 0 Å². The molecule has 6 fully saturated rings. The van der Waals surface area contributed by atoms with Crippen LogP contribution < -0.4 is 0 Å². The summed E-state index contributed by atoms with van der Waals surface area (Å²) in [6, 6.07) is 15.9. The fourth-order valence-electron chi connectivity index (χ4n) is 21.8. The van der Waals surface area contributed by atoms with Crippen LogP contribution in [0.3, 0.4) is 0 Å². The van der Waals surface area contributed by atoms with Crippen LogP contribution in [0, 0.1) is 105 Å². The fraction of sp³-hybridized carbons (Fsp3) is 0.718.